The van der Waals surface area contributed by atoms with Crippen LogP contribution in [0.1, 0.15) is 6.92 Å². The van der Waals surface area contributed by atoms with Gasteiger partial charge in [-0.1, -0.05) is 11.6 Å². The van der Waals surface area contributed by atoms with Gasteiger partial charge in [-0.15, -0.1) is 0 Å². The molecule has 1 aromatic rings. The van der Waals surface area contributed by atoms with Crippen molar-refractivity contribution in [3.05, 3.63) is 20.8 Å². The van der Waals surface area contributed by atoms with Gasteiger partial charge in [0, 0.05) is 39.5 Å². The van der Waals surface area contributed by atoms with Crippen molar-refractivity contribution in [2.75, 3.05) is 0 Å². The number of carbonyl (C=O) groups is 1. The van der Waals surface area contributed by atoms with E-state index in [1.165, 1.54) is 21.6 Å². The Labute approximate surface area is 97.0 Å². The first-order valence-corrected chi connectivity index (χ1v) is 4.11. The van der Waals surface area contributed by atoms with Crippen LogP contribution in [-0.4, -0.2) is 15.0 Å². The molecule has 0 aromatic carbocycles. The van der Waals surface area contributed by atoms with E-state index in [2.05, 4.69) is 0 Å². The molecule has 0 spiro atoms. The predicted octanol–water partition coefficient (Wildman–Crippen LogP) is 1.19. The number of aliphatic carboxylic acids is 1. The maximum atomic E-state index is 10.5. The number of hydrogen-bond donors (Lipinski definition) is 1. The van der Waals surface area contributed by atoms with E-state index in [1.807, 2.05) is 0 Å². The Balaban J connectivity index is 0. The molecule has 0 radical (unpaired) electrons. The van der Waals surface area contributed by atoms with Crippen LogP contribution in [0, 0.1) is 0 Å². The zero-order chi connectivity index (χ0) is 9.72. The molecule has 0 bridgehead atoms. The molecule has 0 unspecified atom stereocenters. The van der Waals surface area contributed by atoms with Gasteiger partial charge in [0.05, 0.1) is 0 Å². The van der Waals surface area contributed by atoms with Crippen molar-refractivity contribution in [1.82, 2.24) is 3.96 Å². The number of carboxylic acid groups (broad SMARTS) is 1. The standard InChI is InChI=1S/C4H4ClNOS.C2H4O2.Zn/c1-6-4(7)2-3(5)8-6;1-2(3)4;/h2H,1H3;1H3,(H,3,4);. The van der Waals surface area contributed by atoms with Crippen molar-refractivity contribution < 1.29 is 29.4 Å². The number of nitrogens with zero attached hydrogens (tertiary/aromatic N) is 1. The zero-order valence-corrected chi connectivity index (χ0v) is 11.8. The molecule has 7 heteroatoms. The third-order valence-corrected chi connectivity index (χ3v) is 1.83. The van der Waals surface area contributed by atoms with Gasteiger partial charge >= 0.3 is 0 Å². The summed E-state index contributed by atoms with van der Waals surface area (Å²) in [5, 5.41) is 7.42. The molecule has 13 heavy (non-hydrogen) atoms. The van der Waals surface area contributed by atoms with E-state index in [1.54, 1.807) is 7.05 Å². The summed E-state index contributed by atoms with van der Waals surface area (Å²) in [6.45, 7) is 1.08. The Morgan fingerprint density at radius 2 is 2.08 bits per heavy atom. The first-order valence-electron chi connectivity index (χ1n) is 2.96. The van der Waals surface area contributed by atoms with Crippen LogP contribution in [0.3, 0.4) is 0 Å². The summed E-state index contributed by atoms with van der Waals surface area (Å²) in [6.07, 6.45) is 0. The summed E-state index contributed by atoms with van der Waals surface area (Å²) in [5.41, 5.74) is -0.0417. The molecule has 0 amide bonds. The molecule has 0 atom stereocenters. The third kappa shape index (κ3) is 8.15. The average molecular weight is 275 g/mol. The van der Waals surface area contributed by atoms with Gasteiger partial charge in [-0.05, 0) is 11.5 Å². The number of aryl methyl sites for hydroxylation is 1. The number of aromatic nitrogens is 1. The summed E-state index contributed by atoms with van der Waals surface area (Å²) < 4.78 is 2.01. The Bertz CT molecular complexity index is 318. The van der Waals surface area contributed by atoms with Crippen molar-refractivity contribution in [3.63, 3.8) is 0 Å². The van der Waals surface area contributed by atoms with Crippen LogP contribution < -0.4 is 5.56 Å². The summed E-state index contributed by atoms with van der Waals surface area (Å²) in [7, 11) is 1.68. The fourth-order valence-electron chi connectivity index (χ4n) is 0.390. The van der Waals surface area contributed by atoms with Crippen LogP contribution in [0.2, 0.25) is 4.34 Å². The molecule has 4 nitrogen and oxygen atoms in total. The minimum atomic E-state index is -0.833. The number of rotatable bonds is 0. The average Bonchev–Trinajstić information content (AvgIpc) is 2.08. The predicted molar refractivity (Wildman–Crippen MR) is 47.9 cm³/mol. The van der Waals surface area contributed by atoms with Crippen LogP contribution in [0.5, 0.6) is 0 Å². The Hall–Kier alpha value is -0.187. The second-order valence-electron chi connectivity index (χ2n) is 1.89. The third-order valence-electron chi connectivity index (χ3n) is 0.771. The molecule has 1 N–H and O–H groups in total. The largest absolute Gasteiger partial charge is 0.481 e. The van der Waals surface area contributed by atoms with E-state index in [0.29, 0.717) is 4.34 Å². The van der Waals surface area contributed by atoms with E-state index in [9.17, 15) is 4.79 Å². The van der Waals surface area contributed by atoms with E-state index in [0.717, 1.165) is 6.92 Å². The van der Waals surface area contributed by atoms with Gasteiger partial charge in [0.1, 0.15) is 4.34 Å². The van der Waals surface area contributed by atoms with Gasteiger partial charge < -0.3 is 5.11 Å². The first kappa shape index (κ1) is 15.3. The molecule has 0 saturated heterocycles. The van der Waals surface area contributed by atoms with Crippen LogP contribution in [0.25, 0.3) is 0 Å². The smallest absolute Gasteiger partial charge is 0.300 e. The molecule has 1 heterocycles. The minimum absolute atomic E-state index is 0. The van der Waals surface area contributed by atoms with Crippen LogP contribution in [0.15, 0.2) is 10.9 Å². The van der Waals surface area contributed by atoms with Crippen molar-refractivity contribution in [2.45, 2.75) is 6.92 Å². The normalized spacial score (nSPS) is 7.92. The SMILES string of the molecule is CC(=O)O.Cn1sc(Cl)cc1=O.[Zn]. The Morgan fingerprint density at radius 3 is 2.15 bits per heavy atom. The maximum Gasteiger partial charge on any atom is 0.300 e. The van der Waals surface area contributed by atoms with Gasteiger partial charge in [0.2, 0.25) is 0 Å². The second kappa shape index (κ2) is 7.24. The molecule has 0 aliphatic rings. The molecular weight excluding hydrogens is 267 g/mol. The Kier molecular flexibility index (Phi) is 8.52. The topological polar surface area (TPSA) is 59.3 Å². The fraction of sp³-hybridized carbons (Fsp3) is 0.333. The number of halogens is 1. The van der Waals surface area contributed by atoms with Gasteiger partial charge in [-0.2, -0.15) is 0 Å². The summed E-state index contributed by atoms with van der Waals surface area (Å²) in [4.78, 5) is 19.5. The zero-order valence-electron chi connectivity index (χ0n) is 7.28. The molecule has 1 rings (SSSR count). The van der Waals surface area contributed by atoms with E-state index in [4.69, 9.17) is 21.5 Å². The fourth-order valence-corrected chi connectivity index (χ4v) is 1.35. The van der Waals surface area contributed by atoms with Crippen molar-refractivity contribution in [3.8, 4) is 0 Å². The molecule has 0 saturated carbocycles. The Morgan fingerprint density at radius 1 is 1.69 bits per heavy atom. The first-order chi connectivity index (χ1) is 5.43. The van der Waals surface area contributed by atoms with E-state index < -0.39 is 5.97 Å². The van der Waals surface area contributed by atoms with Crippen molar-refractivity contribution >= 4 is 29.1 Å². The van der Waals surface area contributed by atoms with Crippen molar-refractivity contribution in [1.29, 1.82) is 0 Å². The van der Waals surface area contributed by atoms with Crippen LogP contribution in [0.4, 0.5) is 0 Å². The number of carboxylic acids is 1. The maximum absolute atomic E-state index is 10.5. The summed E-state index contributed by atoms with van der Waals surface area (Å²) in [6, 6.07) is 1.40. The summed E-state index contributed by atoms with van der Waals surface area (Å²) >= 11 is 6.70. The van der Waals surface area contributed by atoms with Gasteiger partial charge in [0.25, 0.3) is 11.5 Å². The molecule has 0 aliphatic carbocycles. The minimum Gasteiger partial charge on any atom is -0.481 e. The number of hydrogen-bond acceptors (Lipinski definition) is 3. The van der Waals surface area contributed by atoms with Gasteiger partial charge in [-0.3, -0.25) is 13.5 Å². The van der Waals surface area contributed by atoms with E-state index >= 15 is 0 Å². The van der Waals surface area contributed by atoms with Gasteiger partial charge in [0.15, 0.2) is 0 Å². The summed E-state index contributed by atoms with van der Waals surface area (Å²) in [5.74, 6) is -0.833. The monoisotopic (exact) mass is 273 g/mol. The molecular formula is C6H8ClNO3SZn. The van der Waals surface area contributed by atoms with Crippen LogP contribution in [-0.2, 0) is 31.3 Å². The quantitative estimate of drug-likeness (QED) is 0.723. The van der Waals surface area contributed by atoms with Crippen LogP contribution >= 0.6 is 23.1 Å². The molecule has 0 fully saturated rings. The van der Waals surface area contributed by atoms with Gasteiger partial charge in [-0.25, -0.2) is 0 Å². The van der Waals surface area contributed by atoms with E-state index in [-0.39, 0.29) is 25.0 Å². The second-order valence-corrected chi connectivity index (χ2v) is 3.70. The van der Waals surface area contributed by atoms with Crippen molar-refractivity contribution in [2.24, 2.45) is 7.05 Å². The molecule has 0 aliphatic heterocycles. The molecule has 1 aromatic heterocycles. The molecule has 70 valence electrons.